The van der Waals surface area contributed by atoms with Gasteiger partial charge in [-0.25, -0.2) is 0 Å². The normalized spacial score (nSPS) is 23.6. The summed E-state index contributed by atoms with van der Waals surface area (Å²) in [4.78, 5) is 1.89. The van der Waals surface area contributed by atoms with Gasteiger partial charge in [0.1, 0.15) is 0 Å². The van der Waals surface area contributed by atoms with Crippen LogP contribution in [0.25, 0.3) is 0 Å². The molecule has 0 bridgehead atoms. The molecule has 0 saturated heterocycles. The van der Waals surface area contributed by atoms with Crippen LogP contribution in [0.15, 0.2) is 12.1 Å². The number of halogens is 3. The molecule has 19 heavy (non-hydrogen) atoms. The Kier molecular flexibility index (Phi) is 3.93. The van der Waals surface area contributed by atoms with Crippen LogP contribution in [0.3, 0.4) is 0 Å². The molecule has 0 aliphatic heterocycles. The highest BCUT2D eigenvalue weighted by atomic mass is 19.4. The van der Waals surface area contributed by atoms with E-state index in [0.29, 0.717) is 18.3 Å². The van der Waals surface area contributed by atoms with Gasteiger partial charge in [0, 0.05) is 13.1 Å². The Labute approximate surface area is 109 Å². The van der Waals surface area contributed by atoms with Crippen LogP contribution in [0.1, 0.15) is 25.0 Å². The lowest BCUT2D eigenvalue weighted by atomic mass is 10.0. The molecule has 7 heteroatoms. The number of nitrogens with zero attached hydrogens (tertiary/aromatic N) is 3. The molecular formula is C12H17F3N4. The third-order valence-electron chi connectivity index (χ3n) is 3.72. The van der Waals surface area contributed by atoms with Crippen molar-refractivity contribution in [1.82, 2.24) is 10.2 Å². The second-order valence-corrected chi connectivity index (χ2v) is 4.88. The number of alkyl halides is 3. The van der Waals surface area contributed by atoms with Crippen LogP contribution in [0.4, 0.5) is 19.0 Å². The topological polar surface area (TPSA) is 55.0 Å². The molecule has 2 atom stereocenters. The fourth-order valence-corrected chi connectivity index (χ4v) is 2.64. The summed E-state index contributed by atoms with van der Waals surface area (Å²) >= 11 is 0. The fraction of sp³-hybridized carbons (Fsp3) is 0.667. The van der Waals surface area contributed by atoms with E-state index < -0.39 is 11.9 Å². The van der Waals surface area contributed by atoms with Crippen molar-refractivity contribution in [2.75, 3.05) is 18.5 Å². The third kappa shape index (κ3) is 2.97. The van der Waals surface area contributed by atoms with Gasteiger partial charge in [0.15, 0.2) is 11.5 Å². The largest absolute Gasteiger partial charge is 0.435 e. The van der Waals surface area contributed by atoms with Crippen LogP contribution in [0, 0.1) is 5.92 Å². The summed E-state index contributed by atoms with van der Waals surface area (Å²) in [7, 11) is 1.83. The molecule has 2 unspecified atom stereocenters. The zero-order chi connectivity index (χ0) is 14.0. The summed E-state index contributed by atoms with van der Waals surface area (Å²) in [5, 5.41) is 6.92. The van der Waals surface area contributed by atoms with Gasteiger partial charge in [-0.2, -0.15) is 13.2 Å². The first kappa shape index (κ1) is 14.0. The maximum absolute atomic E-state index is 12.4. The van der Waals surface area contributed by atoms with Crippen LogP contribution in [-0.2, 0) is 6.18 Å². The molecule has 106 valence electrons. The average molecular weight is 274 g/mol. The van der Waals surface area contributed by atoms with E-state index in [9.17, 15) is 13.2 Å². The van der Waals surface area contributed by atoms with Gasteiger partial charge in [-0.3, -0.25) is 0 Å². The molecule has 1 aliphatic carbocycles. The van der Waals surface area contributed by atoms with Gasteiger partial charge in [0.2, 0.25) is 0 Å². The van der Waals surface area contributed by atoms with Crippen LogP contribution in [-0.4, -0.2) is 29.8 Å². The van der Waals surface area contributed by atoms with Crippen molar-refractivity contribution in [3.05, 3.63) is 17.8 Å². The second kappa shape index (κ2) is 5.32. The number of aromatic nitrogens is 2. The summed E-state index contributed by atoms with van der Waals surface area (Å²) < 4.78 is 37.2. The van der Waals surface area contributed by atoms with Gasteiger partial charge < -0.3 is 10.6 Å². The van der Waals surface area contributed by atoms with Gasteiger partial charge in [-0.05, 0) is 37.4 Å². The van der Waals surface area contributed by atoms with Crippen LogP contribution in [0.2, 0.25) is 0 Å². The van der Waals surface area contributed by atoms with Gasteiger partial charge in [0.25, 0.3) is 0 Å². The molecule has 2 rings (SSSR count). The van der Waals surface area contributed by atoms with E-state index in [1.165, 1.54) is 6.07 Å². The van der Waals surface area contributed by atoms with Gasteiger partial charge in [0.05, 0.1) is 0 Å². The minimum absolute atomic E-state index is 0.232. The van der Waals surface area contributed by atoms with E-state index >= 15 is 0 Å². The third-order valence-corrected chi connectivity index (χ3v) is 3.72. The van der Waals surface area contributed by atoms with Crippen molar-refractivity contribution in [3.8, 4) is 0 Å². The first-order chi connectivity index (χ1) is 8.93. The Morgan fingerprint density at radius 1 is 1.32 bits per heavy atom. The summed E-state index contributed by atoms with van der Waals surface area (Å²) in [6.07, 6.45) is -1.32. The van der Waals surface area contributed by atoms with Crippen molar-refractivity contribution in [2.45, 2.75) is 31.5 Å². The molecule has 2 N–H and O–H groups in total. The molecule has 1 heterocycles. The highest BCUT2D eigenvalue weighted by Crippen LogP contribution is 2.32. The minimum atomic E-state index is -4.45. The van der Waals surface area contributed by atoms with Gasteiger partial charge >= 0.3 is 6.18 Å². The Hall–Kier alpha value is -1.37. The second-order valence-electron chi connectivity index (χ2n) is 4.88. The minimum Gasteiger partial charge on any atom is -0.355 e. The van der Waals surface area contributed by atoms with E-state index in [1.807, 2.05) is 11.9 Å². The van der Waals surface area contributed by atoms with Crippen molar-refractivity contribution >= 4 is 5.82 Å². The lowest BCUT2D eigenvalue weighted by Crippen LogP contribution is -2.38. The molecule has 4 nitrogen and oxygen atoms in total. The maximum atomic E-state index is 12.4. The summed E-state index contributed by atoms with van der Waals surface area (Å²) in [6, 6.07) is 2.56. The zero-order valence-electron chi connectivity index (χ0n) is 10.7. The number of hydrogen-bond acceptors (Lipinski definition) is 4. The van der Waals surface area contributed by atoms with E-state index in [2.05, 4.69) is 10.2 Å². The molecule has 1 aliphatic rings. The number of anilines is 1. The zero-order valence-corrected chi connectivity index (χ0v) is 10.7. The summed E-state index contributed by atoms with van der Waals surface area (Å²) in [5.74, 6) is 0.826. The monoisotopic (exact) mass is 274 g/mol. The molecule has 0 radical (unpaired) electrons. The predicted molar refractivity (Wildman–Crippen MR) is 65.6 cm³/mol. The lowest BCUT2D eigenvalue weighted by molar-refractivity contribution is -0.141. The average Bonchev–Trinajstić information content (AvgIpc) is 2.85. The Balaban J connectivity index is 2.13. The quantitative estimate of drug-likeness (QED) is 0.916. The lowest BCUT2D eigenvalue weighted by Gasteiger charge is -2.29. The first-order valence-corrected chi connectivity index (χ1v) is 6.27. The van der Waals surface area contributed by atoms with Crippen LogP contribution < -0.4 is 10.6 Å². The molecule has 0 amide bonds. The highest BCUT2D eigenvalue weighted by molar-refractivity contribution is 5.38. The predicted octanol–water partition coefficient (Wildman–Crippen LogP) is 2.06. The molecule has 1 aromatic rings. The van der Waals surface area contributed by atoms with E-state index in [1.54, 1.807) is 0 Å². The van der Waals surface area contributed by atoms with Gasteiger partial charge in [-0.1, -0.05) is 6.42 Å². The smallest absolute Gasteiger partial charge is 0.355 e. The highest BCUT2D eigenvalue weighted by Gasteiger charge is 2.34. The van der Waals surface area contributed by atoms with Crippen molar-refractivity contribution in [3.63, 3.8) is 0 Å². The van der Waals surface area contributed by atoms with Gasteiger partial charge in [-0.15, -0.1) is 10.2 Å². The molecule has 1 aromatic heterocycles. The number of nitrogens with two attached hydrogens (primary N) is 1. The molecule has 0 spiro atoms. The fourth-order valence-electron chi connectivity index (χ4n) is 2.64. The van der Waals surface area contributed by atoms with Crippen molar-refractivity contribution < 1.29 is 13.2 Å². The van der Waals surface area contributed by atoms with Crippen molar-refractivity contribution in [1.29, 1.82) is 0 Å². The van der Waals surface area contributed by atoms with Crippen molar-refractivity contribution in [2.24, 2.45) is 11.7 Å². The van der Waals surface area contributed by atoms with Crippen LogP contribution in [0.5, 0.6) is 0 Å². The Bertz CT molecular complexity index is 418. The van der Waals surface area contributed by atoms with E-state index in [0.717, 1.165) is 25.3 Å². The standard InChI is InChI=1S/C12H17F3N4/c1-19(9-4-2-3-8(9)7-16)11-6-5-10(17-18-11)12(13,14)15/h5-6,8-9H,2-4,7,16H2,1H3. The Morgan fingerprint density at radius 2 is 2.05 bits per heavy atom. The first-order valence-electron chi connectivity index (χ1n) is 6.27. The van der Waals surface area contributed by atoms with E-state index in [4.69, 9.17) is 5.73 Å². The molecule has 1 saturated carbocycles. The van der Waals surface area contributed by atoms with E-state index in [-0.39, 0.29) is 6.04 Å². The molecule has 0 aromatic carbocycles. The number of rotatable bonds is 3. The maximum Gasteiger partial charge on any atom is 0.435 e. The Morgan fingerprint density at radius 3 is 2.58 bits per heavy atom. The SMILES string of the molecule is CN(c1ccc(C(F)(F)F)nn1)C1CCCC1CN. The molecule has 1 fully saturated rings. The van der Waals surface area contributed by atoms with Crippen LogP contribution >= 0.6 is 0 Å². The summed E-state index contributed by atoms with van der Waals surface area (Å²) in [6.45, 7) is 0.586. The molecular weight excluding hydrogens is 257 g/mol. The summed E-state index contributed by atoms with van der Waals surface area (Å²) in [5.41, 5.74) is 4.74. The number of hydrogen-bond donors (Lipinski definition) is 1.